The number of nitrogens with zero attached hydrogens (tertiary/aromatic N) is 2. The molecule has 12 heteroatoms. The summed E-state index contributed by atoms with van der Waals surface area (Å²) in [4.78, 5) is 17.8. The van der Waals surface area contributed by atoms with E-state index in [1.54, 1.807) is 72.8 Å². The molecular formula is C44H26Br4N4O4. The van der Waals surface area contributed by atoms with Crippen LogP contribution >= 0.6 is 63.7 Å². The molecule has 0 radical (unpaired) electrons. The molecule has 0 amide bonds. The minimum atomic E-state index is 0.0801. The maximum absolute atomic E-state index is 10.7. The average molecular weight is 994 g/mol. The summed E-state index contributed by atoms with van der Waals surface area (Å²) in [6.07, 6.45) is 7.69. The van der Waals surface area contributed by atoms with Crippen molar-refractivity contribution >= 4 is 110 Å². The first-order valence-electron chi connectivity index (χ1n) is 17.1. The van der Waals surface area contributed by atoms with Crippen LogP contribution in [-0.2, 0) is 0 Å². The minimum absolute atomic E-state index is 0.0801. The summed E-state index contributed by atoms with van der Waals surface area (Å²) < 4.78 is 2.99. The highest BCUT2D eigenvalue weighted by atomic mass is 79.9. The Balaban J connectivity index is 1.52. The highest BCUT2D eigenvalue weighted by molar-refractivity contribution is 9.11. The second kappa shape index (κ2) is 14.3. The molecule has 2 aliphatic heterocycles. The summed E-state index contributed by atoms with van der Waals surface area (Å²) in [7, 11) is 0. The van der Waals surface area contributed by atoms with Crippen molar-refractivity contribution in [1.29, 1.82) is 0 Å². The quantitative estimate of drug-likeness (QED) is 0.104. The number of phenolic OH excluding ortho intramolecular Hbond substituents is 4. The van der Waals surface area contributed by atoms with Gasteiger partial charge >= 0.3 is 0 Å². The van der Waals surface area contributed by atoms with Crippen LogP contribution in [0, 0.1) is 0 Å². The minimum Gasteiger partial charge on any atom is -0.508 e. The van der Waals surface area contributed by atoms with Gasteiger partial charge in [-0.15, -0.1) is 0 Å². The zero-order valence-corrected chi connectivity index (χ0v) is 35.1. The number of halogens is 4. The summed E-state index contributed by atoms with van der Waals surface area (Å²) in [5, 5.41) is 42.9. The van der Waals surface area contributed by atoms with E-state index in [2.05, 4.69) is 73.7 Å². The first kappa shape index (κ1) is 36.3. The van der Waals surface area contributed by atoms with Crippen LogP contribution in [0.1, 0.15) is 22.8 Å². The van der Waals surface area contributed by atoms with Gasteiger partial charge < -0.3 is 30.4 Å². The van der Waals surface area contributed by atoms with E-state index in [1.807, 2.05) is 48.6 Å². The standard InChI is InChI=1S/C44H26Br4N4O4/c45-29-5-1-21(53)17-25(29)41-33-9-11-35(49-33)42(26-18-22(54)2-6-30(26)46)37-13-15-39(51-37)44(28-20-24(56)4-8-32(28)48)40-16-14-38(52-40)43(36-12-10-34(41)50-36)27-19-23(55)3-7-31(27)47/h1-20,49-50,53-56H. The van der Waals surface area contributed by atoms with E-state index in [0.29, 0.717) is 67.2 Å². The van der Waals surface area contributed by atoms with Crippen LogP contribution in [0.25, 0.3) is 90.9 Å². The molecule has 7 aromatic rings. The van der Waals surface area contributed by atoms with Gasteiger partial charge in [0.2, 0.25) is 0 Å². The van der Waals surface area contributed by atoms with Crippen molar-refractivity contribution in [3.8, 4) is 67.5 Å². The number of nitrogens with one attached hydrogen (secondary N) is 2. The number of rotatable bonds is 4. The van der Waals surface area contributed by atoms with Gasteiger partial charge in [0.15, 0.2) is 0 Å². The van der Waals surface area contributed by atoms with E-state index >= 15 is 0 Å². The Hall–Kier alpha value is -5.40. The van der Waals surface area contributed by atoms with Gasteiger partial charge in [0, 0.05) is 84.5 Å². The van der Waals surface area contributed by atoms with E-state index in [1.165, 1.54) is 0 Å². The molecule has 0 unspecified atom stereocenters. The Kier molecular flexibility index (Phi) is 9.24. The lowest BCUT2D eigenvalue weighted by Gasteiger charge is -2.10. The van der Waals surface area contributed by atoms with E-state index in [4.69, 9.17) is 9.97 Å². The second-order valence-electron chi connectivity index (χ2n) is 13.2. The molecule has 56 heavy (non-hydrogen) atoms. The number of benzene rings is 4. The van der Waals surface area contributed by atoms with E-state index < -0.39 is 0 Å². The lowest BCUT2D eigenvalue weighted by molar-refractivity contribution is 0.475. The van der Waals surface area contributed by atoms with E-state index in [9.17, 15) is 20.4 Å². The molecule has 8 nitrogen and oxygen atoms in total. The summed E-state index contributed by atoms with van der Waals surface area (Å²) in [5.74, 6) is 0.356. The van der Waals surface area contributed by atoms with Crippen LogP contribution in [-0.4, -0.2) is 40.4 Å². The number of fused-ring (bicyclic) bond motifs is 8. The fourth-order valence-corrected chi connectivity index (χ4v) is 8.94. The van der Waals surface area contributed by atoms with Crippen LogP contribution in [0.3, 0.4) is 0 Å². The fourth-order valence-electron chi connectivity index (χ4n) is 7.16. The molecule has 0 atom stereocenters. The molecule has 3 aromatic heterocycles. The normalized spacial score (nSPS) is 12.1. The number of hydrogen-bond donors (Lipinski definition) is 6. The van der Waals surface area contributed by atoms with Gasteiger partial charge in [-0.25, -0.2) is 9.97 Å². The van der Waals surface area contributed by atoms with Crippen LogP contribution in [0.5, 0.6) is 23.0 Å². The zero-order chi connectivity index (χ0) is 38.8. The van der Waals surface area contributed by atoms with Gasteiger partial charge in [-0.05, 0) is 121 Å². The predicted molar refractivity (Wildman–Crippen MR) is 238 cm³/mol. The first-order chi connectivity index (χ1) is 27.0. The molecule has 274 valence electrons. The van der Waals surface area contributed by atoms with Gasteiger partial charge in [0.05, 0.1) is 22.8 Å². The summed E-state index contributed by atoms with van der Waals surface area (Å²) >= 11 is 14.9. The lowest BCUT2D eigenvalue weighted by Crippen LogP contribution is -1.92. The molecular weight excluding hydrogens is 968 g/mol. The second-order valence-corrected chi connectivity index (χ2v) is 16.6. The van der Waals surface area contributed by atoms with Crippen molar-refractivity contribution in [2.45, 2.75) is 0 Å². The topological polar surface area (TPSA) is 138 Å². The molecule has 0 fully saturated rings. The van der Waals surface area contributed by atoms with Gasteiger partial charge in [-0.3, -0.25) is 0 Å². The number of aromatic amines is 2. The SMILES string of the molecule is Oc1ccc(Br)c(-c2c3nc(c(-c4cc(O)ccc4Br)c4ccc([nH]4)c(-c4cc(O)ccc4Br)c4ccc([nH]4)c(-c4cc(O)ccc4Br)c4nc2C=C4)C=C3)c1. The van der Waals surface area contributed by atoms with Gasteiger partial charge in [-0.2, -0.15) is 0 Å². The maximum atomic E-state index is 10.7. The van der Waals surface area contributed by atoms with Gasteiger partial charge in [-0.1, -0.05) is 63.7 Å². The molecule has 0 aliphatic carbocycles. The van der Waals surface area contributed by atoms with Crippen molar-refractivity contribution in [2.75, 3.05) is 0 Å². The van der Waals surface area contributed by atoms with Crippen LogP contribution in [0.4, 0.5) is 0 Å². The molecule has 2 aliphatic rings. The number of hydrogen-bond acceptors (Lipinski definition) is 6. The molecule has 8 bridgehead atoms. The molecule has 4 aromatic carbocycles. The predicted octanol–water partition coefficient (Wildman–Crippen LogP) is 13.2. The first-order valence-corrected chi connectivity index (χ1v) is 20.3. The Morgan fingerprint density at radius 2 is 0.607 bits per heavy atom. The van der Waals surface area contributed by atoms with Crippen molar-refractivity contribution < 1.29 is 20.4 Å². The van der Waals surface area contributed by atoms with E-state index in [-0.39, 0.29) is 23.0 Å². The fraction of sp³-hybridized carbons (Fsp3) is 0. The molecule has 0 saturated heterocycles. The summed E-state index contributed by atoms with van der Waals surface area (Å²) in [6.45, 7) is 0. The van der Waals surface area contributed by atoms with Crippen molar-refractivity contribution in [3.05, 3.63) is 138 Å². The largest absolute Gasteiger partial charge is 0.508 e. The number of aromatic hydroxyl groups is 4. The third-order valence-corrected chi connectivity index (χ3v) is 12.4. The molecule has 6 N–H and O–H groups in total. The van der Waals surface area contributed by atoms with Gasteiger partial charge in [0.25, 0.3) is 0 Å². The third kappa shape index (κ3) is 6.46. The Labute approximate surface area is 353 Å². The van der Waals surface area contributed by atoms with Crippen LogP contribution in [0.15, 0.2) is 115 Å². The molecule has 0 saturated carbocycles. The highest BCUT2D eigenvalue weighted by Crippen LogP contribution is 2.44. The Bertz CT molecular complexity index is 2890. The van der Waals surface area contributed by atoms with Crippen LogP contribution in [0.2, 0.25) is 0 Å². The van der Waals surface area contributed by atoms with Crippen LogP contribution < -0.4 is 0 Å². The maximum Gasteiger partial charge on any atom is 0.116 e. The van der Waals surface area contributed by atoms with Crippen molar-refractivity contribution in [1.82, 2.24) is 19.9 Å². The number of H-pyrrole nitrogens is 2. The number of aromatic nitrogens is 4. The Morgan fingerprint density at radius 3 is 0.946 bits per heavy atom. The zero-order valence-electron chi connectivity index (χ0n) is 28.7. The third-order valence-electron chi connectivity index (χ3n) is 9.63. The molecule has 0 spiro atoms. The lowest BCUT2D eigenvalue weighted by atomic mass is 10.0. The Morgan fingerprint density at radius 1 is 0.339 bits per heavy atom. The van der Waals surface area contributed by atoms with Gasteiger partial charge in [0.1, 0.15) is 23.0 Å². The smallest absolute Gasteiger partial charge is 0.116 e. The average Bonchev–Trinajstić information content (AvgIpc) is 4.01. The van der Waals surface area contributed by atoms with Crippen molar-refractivity contribution in [3.63, 3.8) is 0 Å². The molecule has 5 heterocycles. The van der Waals surface area contributed by atoms with E-state index in [0.717, 1.165) is 40.1 Å². The molecule has 9 rings (SSSR count). The van der Waals surface area contributed by atoms with Crippen molar-refractivity contribution in [2.24, 2.45) is 0 Å². The number of phenols is 4. The summed E-state index contributed by atoms with van der Waals surface area (Å²) in [5.41, 5.74) is 11.0. The summed E-state index contributed by atoms with van der Waals surface area (Å²) in [6, 6.07) is 28.3. The monoisotopic (exact) mass is 990 g/mol. The highest BCUT2D eigenvalue weighted by Gasteiger charge is 2.22.